The van der Waals surface area contributed by atoms with Gasteiger partial charge in [-0.3, -0.25) is 5.10 Å². The number of aromatic amines is 1. The lowest BCUT2D eigenvalue weighted by Crippen LogP contribution is -2.39. The number of halogens is 1. The van der Waals surface area contributed by atoms with Crippen LogP contribution in [0.15, 0.2) is 35.4 Å². The topological polar surface area (TPSA) is 66.1 Å². The Morgan fingerprint density at radius 1 is 1.41 bits per heavy atom. The summed E-state index contributed by atoms with van der Waals surface area (Å²) < 4.78 is 40.1. The molecule has 0 aliphatic carbocycles. The van der Waals surface area contributed by atoms with Crippen molar-refractivity contribution in [2.75, 3.05) is 13.1 Å². The zero-order valence-electron chi connectivity index (χ0n) is 12.3. The first-order valence-electron chi connectivity index (χ1n) is 7.24. The number of hydrogen-bond donors (Lipinski definition) is 1. The van der Waals surface area contributed by atoms with Gasteiger partial charge in [0.1, 0.15) is 5.82 Å². The van der Waals surface area contributed by atoms with E-state index in [1.807, 2.05) is 6.92 Å². The average Bonchev–Trinajstić information content (AvgIpc) is 2.93. The summed E-state index contributed by atoms with van der Waals surface area (Å²) in [5, 5.41) is 6.98. The predicted octanol–water partition coefficient (Wildman–Crippen LogP) is 2.43. The molecule has 1 atom stereocenters. The maximum atomic E-state index is 13.3. The summed E-state index contributed by atoms with van der Waals surface area (Å²) in [5.74, 6) is -0.446. The number of nitrogens with zero attached hydrogens (tertiary/aromatic N) is 2. The number of aromatic nitrogens is 2. The number of H-pyrrole nitrogens is 1. The highest BCUT2D eigenvalue weighted by atomic mass is 32.2. The van der Waals surface area contributed by atoms with Gasteiger partial charge in [-0.05, 0) is 43.5 Å². The Hall–Kier alpha value is -1.73. The number of piperidine rings is 1. The molecule has 1 aromatic carbocycles. The summed E-state index contributed by atoms with van der Waals surface area (Å²) in [5.41, 5.74) is 2.02. The Bertz CT molecular complexity index is 773. The highest BCUT2D eigenvalue weighted by molar-refractivity contribution is 7.89. The number of nitrogens with one attached hydrogen (secondary N) is 1. The molecule has 1 aliphatic rings. The van der Waals surface area contributed by atoms with Gasteiger partial charge in [-0.25, -0.2) is 12.8 Å². The number of hydrogen-bond acceptors (Lipinski definition) is 3. The van der Waals surface area contributed by atoms with Crippen LogP contribution in [-0.2, 0) is 10.0 Å². The van der Waals surface area contributed by atoms with Crippen molar-refractivity contribution in [1.82, 2.24) is 14.5 Å². The molecule has 2 aromatic rings. The minimum Gasteiger partial charge on any atom is -0.282 e. The van der Waals surface area contributed by atoms with Crippen LogP contribution in [0.1, 0.15) is 30.0 Å². The minimum atomic E-state index is -3.66. The fraction of sp³-hybridized carbons (Fsp3) is 0.400. The highest BCUT2D eigenvalue weighted by Gasteiger charge is 2.32. The molecule has 0 amide bonds. The lowest BCUT2D eigenvalue weighted by Gasteiger charge is -2.31. The largest absolute Gasteiger partial charge is 0.282 e. The smallest absolute Gasteiger partial charge is 0.243 e. The standard InChI is InChI=1S/C15H18FN3O2S/c1-11-9-17-18-15(11)12-4-3-7-19(10-12)22(20,21)14-6-2-5-13(16)8-14/h2,5-6,8-9,12H,3-4,7,10H2,1H3,(H,17,18). The van der Waals surface area contributed by atoms with E-state index in [1.54, 1.807) is 6.20 Å². The van der Waals surface area contributed by atoms with Gasteiger partial charge in [0.05, 0.1) is 11.1 Å². The molecule has 1 N–H and O–H groups in total. The first kappa shape index (κ1) is 15.2. The van der Waals surface area contributed by atoms with E-state index in [1.165, 1.54) is 22.5 Å². The summed E-state index contributed by atoms with van der Waals surface area (Å²) in [6.07, 6.45) is 3.44. The van der Waals surface area contributed by atoms with E-state index in [9.17, 15) is 12.8 Å². The lowest BCUT2D eigenvalue weighted by atomic mass is 9.94. The Labute approximate surface area is 129 Å². The van der Waals surface area contributed by atoms with Gasteiger partial charge < -0.3 is 0 Å². The van der Waals surface area contributed by atoms with Gasteiger partial charge in [0, 0.05) is 24.7 Å². The molecular weight excluding hydrogens is 305 g/mol. The summed E-state index contributed by atoms with van der Waals surface area (Å²) >= 11 is 0. The maximum absolute atomic E-state index is 13.3. The van der Waals surface area contributed by atoms with Crippen LogP contribution < -0.4 is 0 Å². The van der Waals surface area contributed by atoms with Crippen LogP contribution in [-0.4, -0.2) is 36.0 Å². The molecule has 1 fully saturated rings. The molecule has 1 aromatic heterocycles. The summed E-state index contributed by atoms with van der Waals surface area (Å²) in [6.45, 7) is 2.81. The third-order valence-corrected chi connectivity index (χ3v) is 5.96. The lowest BCUT2D eigenvalue weighted by molar-refractivity contribution is 0.312. The fourth-order valence-corrected chi connectivity index (χ4v) is 4.50. The number of sulfonamides is 1. The molecule has 0 bridgehead atoms. The fourth-order valence-electron chi connectivity index (χ4n) is 2.94. The number of benzene rings is 1. The van der Waals surface area contributed by atoms with E-state index in [0.29, 0.717) is 13.1 Å². The third-order valence-electron chi connectivity index (χ3n) is 4.09. The molecule has 22 heavy (non-hydrogen) atoms. The molecule has 0 spiro atoms. The van der Waals surface area contributed by atoms with Crippen molar-refractivity contribution < 1.29 is 12.8 Å². The Morgan fingerprint density at radius 3 is 2.91 bits per heavy atom. The molecular formula is C15H18FN3O2S. The Kier molecular flexibility index (Phi) is 4.01. The van der Waals surface area contributed by atoms with E-state index in [0.717, 1.165) is 30.2 Å². The first-order valence-corrected chi connectivity index (χ1v) is 8.68. The van der Waals surface area contributed by atoms with Gasteiger partial charge in [-0.1, -0.05) is 6.07 Å². The van der Waals surface area contributed by atoms with Gasteiger partial charge in [0.15, 0.2) is 0 Å². The van der Waals surface area contributed by atoms with Crippen LogP contribution in [0, 0.1) is 12.7 Å². The van der Waals surface area contributed by atoms with Gasteiger partial charge in [-0.15, -0.1) is 0 Å². The monoisotopic (exact) mass is 323 g/mol. The normalized spacial score (nSPS) is 20.2. The predicted molar refractivity (Wildman–Crippen MR) is 80.5 cm³/mol. The van der Waals surface area contributed by atoms with Crippen LogP contribution in [0.3, 0.4) is 0 Å². The van der Waals surface area contributed by atoms with E-state index < -0.39 is 15.8 Å². The van der Waals surface area contributed by atoms with Crippen LogP contribution in [0.5, 0.6) is 0 Å². The average molecular weight is 323 g/mol. The molecule has 3 rings (SSSR count). The molecule has 2 heterocycles. The van der Waals surface area contributed by atoms with Crippen LogP contribution in [0.2, 0.25) is 0 Å². The number of rotatable bonds is 3. The van der Waals surface area contributed by atoms with Gasteiger partial charge in [0.25, 0.3) is 0 Å². The van der Waals surface area contributed by atoms with Crippen molar-refractivity contribution in [3.63, 3.8) is 0 Å². The SMILES string of the molecule is Cc1cn[nH]c1C1CCCN(S(=O)(=O)c2cccc(F)c2)C1. The van der Waals surface area contributed by atoms with E-state index in [4.69, 9.17) is 0 Å². The van der Waals surface area contributed by atoms with Crippen LogP contribution >= 0.6 is 0 Å². The summed E-state index contributed by atoms with van der Waals surface area (Å²) in [4.78, 5) is 0.00878. The number of aryl methyl sites for hydroxylation is 1. The second kappa shape index (κ2) is 5.81. The van der Waals surface area contributed by atoms with E-state index in [-0.39, 0.29) is 10.8 Å². The van der Waals surface area contributed by atoms with Gasteiger partial charge in [0.2, 0.25) is 10.0 Å². The van der Waals surface area contributed by atoms with Crippen molar-refractivity contribution in [3.8, 4) is 0 Å². The molecule has 118 valence electrons. The van der Waals surface area contributed by atoms with Crippen molar-refractivity contribution in [2.24, 2.45) is 0 Å². The van der Waals surface area contributed by atoms with Crippen molar-refractivity contribution in [2.45, 2.75) is 30.6 Å². The molecule has 0 radical (unpaired) electrons. The first-order chi connectivity index (χ1) is 10.5. The summed E-state index contributed by atoms with van der Waals surface area (Å²) in [7, 11) is -3.66. The zero-order chi connectivity index (χ0) is 15.7. The van der Waals surface area contributed by atoms with Gasteiger partial charge >= 0.3 is 0 Å². The van der Waals surface area contributed by atoms with Crippen molar-refractivity contribution in [1.29, 1.82) is 0 Å². The van der Waals surface area contributed by atoms with E-state index >= 15 is 0 Å². The van der Waals surface area contributed by atoms with Crippen LogP contribution in [0.25, 0.3) is 0 Å². The third kappa shape index (κ3) is 2.78. The molecule has 1 aliphatic heterocycles. The van der Waals surface area contributed by atoms with Gasteiger partial charge in [-0.2, -0.15) is 9.40 Å². The molecule has 7 heteroatoms. The van der Waals surface area contributed by atoms with Crippen molar-refractivity contribution in [3.05, 3.63) is 47.5 Å². The molecule has 5 nitrogen and oxygen atoms in total. The highest BCUT2D eigenvalue weighted by Crippen LogP contribution is 2.30. The summed E-state index contributed by atoms with van der Waals surface area (Å²) in [6, 6.07) is 5.17. The molecule has 0 saturated carbocycles. The van der Waals surface area contributed by atoms with Crippen molar-refractivity contribution >= 4 is 10.0 Å². The minimum absolute atomic E-state index is 0.00878. The van der Waals surface area contributed by atoms with Crippen LogP contribution in [0.4, 0.5) is 4.39 Å². The quantitative estimate of drug-likeness (QED) is 0.943. The maximum Gasteiger partial charge on any atom is 0.243 e. The molecule has 1 unspecified atom stereocenters. The molecule has 1 saturated heterocycles. The second-order valence-electron chi connectivity index (χ2n) is 5.63. The Balaban J connectivity index is 1.87. The zero-order valence-corrected chi connectivity index (χ0v) is 13.1. The Morgan fingerprint density at radius 2 is 2.23 bits per heavy atom. The second-order valence-corrected chi connectivity index (χ2v) is 7.56. The van der Waals surface area contributed by atoms with E-state index in [2.05, 4.69) is 10.2 Å².